The molecular formula is C15H18ClN3OS2. The van der Waals surface area contributed by atoms with Crippen LogP contribution < -0.4 is 5.32 Å². The molecule has 0 bridgehead atoms. The molecule has 1 aromatic carbocycles. The van der Waals surface area contributed by atoms with E-state index in [1.165, 1.54) is 4.88 Å². The molecule has 4 nitrogen and oxygen atoms in total. The third-order valence-corrected chi connectivity index (χ3v) is 5.24. The van der Waals surface area contributed by atoms with Gasteiger partial charge in [0.05, 0.1) is 5.69 Å². The Hall–Kier alpha value is -1.08. The highest BCUT2D eigenvalue weighted by molar-refractivity contribution is 7.98. The molecule has 1 aromatic heterocycles. The van der Waals surface area contributed by atoms with E-state index in [9.17, 15) is 4.79 Å². The van der Waals surface area contributed by atoms with Crippen LogP contribution in [0, 0.1) is 0 Å². The van der Waals surface area contributed by atoms with Crippen LogP contribution in [0.15, 0.2) is 29.2 Å². The SMILES string of the molecule is CSc1ccc(C(=O)Nc2nc3c(s2)CN(C)CC3)cc1.Cl. The van der Waals surface area contributed by atoms with E-state index in [4.69, 9.17) is 0 Å². The summed E-state index contributed by atoms with van der Waals surface area (Å²) in [5, 5.41) is 3.61. The number of carbonyl (C=O) groups excluding carboxylic acids is 1. The van der Waals surface area contributed by atoms with Crippen molar-refractivity contribution < 1.29 is 4.79 Å². The Morgan fingerprint density at radius 2 is 2.09 bits per heavy atom. The van der Waals surface area contributed by atoms with Gasteiger partial charge in [-0.2, -0.15) is 0 Å². The lowest BCUT2D eigenvalue weighted by Gasteiger charge is -2.20. The number of carbonyl (C=O) groups is 1. The van der Waals surface area contributed by atoms with Crippen molar-refractivity contribution in [3.8, 4) is 0 Å². The van der Waals surface area contributed by atoms with Gasteiger partial charge in [-0.25, -0.2) is 4.98 Å². The molecule has 1 aliphatic heterocycles. The molecule has 0 spiro atoms. The Labute approximate surface area is 144 Å². The number of hydrogen-bond acceptors (Lipinski definition) is 5. The summed E-state index contributed by atoms with van der Waals surface area (Å²) in [6.45, 7) is 1.95. The molecule has 0 unspecified atom stereocenters. The highest BCUT2D eigenvalue weighted by atomic mass is 35.5. The van der Waals surface area contributed by atoms with Crippen LogP contribution in [0.3, 0.4) is 0 Å². The Morgan fingerprint density at radius 1 is 1.36 bits per heavy atom. The fraction of sp³-hybridized carbons (Fsp3) is 0.333. The minimum absolute atomic E-state index is 0. The van der Waals surface area contributed by atoms with Crippen molar-refractivity contribution in [2.75, 3.05) is 25.2 Å². The fourth-order valence-electron chi connectivity index (χ4n) is 2.29. The summed E-state index contributed by atoms with van der Waals surface area (Å²) in [5.41, 5.74) is 1.80. The fourth-order valence-corrected chi connectivity index (χ4v) is 3.78. The first-order valence-corrected chi connectivity index (χ1v) is 8.82. The molecule has 1 amide bonds. The number of thiazole rings is 1. The zero-order valence-electron chi connectivity index (χ0n) is 12.5. The molecule has 22 heavy (non-hydrogen) atoms. The molecule has 1 aliphatic rings. The van der Waals surface area contributed by atoms with Crippen LogP contribution in [0.2, 0.25) is 0 Å². The number of halogens is 1. The molecular weight excluding hydrogens is 338 g/mol. The maximum Gasteiger partial charge on any atom is 0.257 e. The summed E-state index contributed by atoms with van der Waals surface area (Å²) in [5.74, 6) is -0.0953. The maximum atomic E-state index is 12.2. The van der Waals surface area contributed by atoms with Crippen molar-refractivity contribution in [3.05, 3.63) is 40.4 Å². The number of aromatic nitrogens is 1. The molecule has 0 atom stereocenters. The van der Waals surface area contributed by atoms with Gasteiger partial charge in [0.25, 0.3) is 5.91 Å². The Bertz CT molecular complexity index is 657. The molecule has 3 rings (SSSR count). The number of nitrogens with zero attached hydrogens (tertiary/aromatic N) is 2. The number of thioether (sulfide) groups is 1. The second kappa shape index (κ2) is 7.46. The van der Waals surface area contributed by atoms with E-state index in [1.54, 1.807) is 23.1 Å². The topological polar surface area (TPSA) is 45.2 Å². The first-order chi connectivity index (χ1) is 10.2. The summed E-state index contributed by atoms with van der Waals surface area (Å²) in [4.78, 5) is 21.5. The summed E-state index contributed by atoms with van der Waals surface area (Å²) < 4.78 is 0. The molecule has 2 heterocycles. The van der Waals surface area contributed by atoms with Crippen LogP contribution in [-0.2, 0) is 13.0 Å². The lowest BCUT2D eigenvalue weighted by Crippen LogP contribution is -2.25. The maximum absolute atomic E-state index is 12.2. The third kappa shape index (κ3) is 3.81. The van der Waals surface area contributed by atoms with Gasteiger partial charge in [0.2, 0.25) is 0 Å². The molecule has 0 aliphatic carbocycles. The average molecular weight is 356 g/mol. The number of anilines is 1. The van der Waals surface area contributed by atoms with Crippen LogP contribution in [-0.4, -0.2) is 35.6 Å². The van der Waals surface area contributed by atoms with Gasteiger partial charge in [-0.3, -0.25) is 10.1 Å². The van der Waals surface area contributed by atoms with Crippen molar-refractivity contribution >= 4 is 46.5 Å². The average Bonchev–Trinajstić information content (AvgIpc) is 2.88. The first-order valence-electron chi connectivity index (χ1n) is 6.78. The van der Waals surface area contributed by atoms with Gasteiger partial charge in [0.1, 0.15) is 0 Å². The summed E-state index contributed by atoms with van der Waals surface area (Å²) in [6.07, 6.45) is 2.98. The van der Waals surface area contributed by atoms with Gasteiger partial charge < -0.3 is 4.90 Å². The molecule has 0 saturated heterocycles. The predicted octanol–water partition coefficient (Wildman–Crippen LogP) is 3.53. The smallest absolute Gasteiger partial charge is 0.257 e. The van der Waals surface area contributed by atoms with Crippen molar-refractivity contribution in [1.29, 1.82) is 0 Å². The molecule has 118 valence electrons. The number of amides is 1. The number of fused-ring (bicyclic) bond motifs is 1. The number of rotatable bonds is 3. The highest BCUT2D eigenvalue weighted by Gasteiger charge is 2.19. The van der Waals surface area contributed by atoms with E-state index in [1.807, 2.05) is 30.5 Å². The lowest BCUT2D eigenvalue weighted by molar-refractivity contribution is 0.102. The molecule has 0 fully saturated rings. The van der Waals surface area contributed by atoms with Crippen LogP contribution in [0.4, 0.5) is 5.13 Å². The first kappa shape index (κ1) is 17.3. The van der Waals surface area contributed by atoms with Crippen molar-refractivity contribution in [1.82, 2.24) is 9.88 Å². The molecule has 2 aromatic rings. The van der Waals surface area contributed by atoms with Gasteiger partial charge >= 0.3 is 0 Å². The number of nitrogens with one attached hydrogen (secondary N) is 1. The van der Waals surface area contributed by atoms with Crippen molar-refractivity contribution in [2.45, 2.75) is 17.9 Å². The van der Waals surface area contributed by atoms with E-state index >= 15 is 0 Å². The van der Waals surface area contributed by atoms with Gasteiger partial charge in [-0.15, -0.1) is 35.5 Å². The Kier molecular flexibility index (Phi) is 5.86. The molecule has 7 heteroatoms. The van der Waals surface area contributed by atoms with Gasteiger partial charge in [0, 0.05) is 34.8 Å². The van der Waals surface area contributed by atoms with Crippen LogP contribution in [0.5, 0.6) is 0 Å². The van der Waals surface area contributed by atoms with Crippen LogP contribution >= 0.6 is 35.5 Å². The van der Waals surface area contributed by atoms with E-state index in [-0.39, 0.29) is 18.3 Å². The Morgan fingerprint density at radius 3 is 2.77 bits per heavy atom. The van der Waals surface area contributed by atoms with Gasteiger partial charge in [0.15, 0.2) is 5.13 Å². The number of hydrogen-bond donors (Lipinski definition) is 1. The van der Waals surface area contributed by atoms with E-state index in [2.05, 4.69) is 22.2 Å². The van der Waals surface area contributed by atoms with E-state index < -0.39 is 0 Å². The lowest BCUT2D eigenvalue weighted by atomic mass is 10.2. The Balaban J connectivity index is 0.00000176. The molecule has 1 N–H and O–H groups in total. The standard InChI is InChI=1S/C15H17N3OS2.ClH/c1-18-8-7-12-13(9-18)21-15(16-12)17-14(19)10-3-5-11(20-2)6-4-10;/h3-6H,7-9H2,1-2H3,(H,16,17,19);1H. The van der Waals surface area contributed by atoms with Crippen LogP contribution in [0.1, 0.15) is 20.9 Å². The predicted molar refractivity (Wildman–Crippen MR) is 95.6 cm³/mol. The van der Waals surface area contributed by atoms with Crippen LogP contribution in [0.25, 0.3) is 0 Å². The minimum Gasteiger partial charge on any atom is -0.301 e. The zero-order valence-corrected chi connectivity index (χ0v) is 14.9. The second-order valence-corrected chi connectivity index (χ2v) is 7.02. The second-order valence-electron chi connectivity index (χ2n) is 5.06. The quantitative estimate of drug-likeness (QED) is 0.855. The van der Waals surface area contributed by atoms with Gasteiger partial charge in [-0.05, 0) is 37.6 Å². The number of likely N-dealkylation sites (N-methyl/N-ethyl adjacent to an activating group) is 1. The summed E-state index contributed by atoms with van der Waals surface area (Å²) in [7, 11) is 2.11. The van der Waals surface area contributed by atoms with Crippen molar-refractivity contribution in [2.24, 2.45) is 0 Å². The van der Waals surface area contributed by atoms with E-state index in [0.29, 0.717) is 10.7 Å². The zero-order chi connectivity index (χ0) is 14.8. The third-order valence-electron chi connectivity index (χ3n) is 3.49. The molecule has 0 radical (unpaired) electrons. The largest absolute Gasteiger partial charge is 0.301 e. The van der Waals surface area contributed by atoms with E-state index in [0.717, 1.165) is 30.1 Å². The van der Waals surface area contributed by atoms with Crippen molar-refractivity contribution in [3.63, 3.8) is 0 Å². The molecule has 0 saturated carbocycles. The summed E-state index contributed by atoms with van der Waals surface area (Å²) >= 11 is 3.25. The van der Waals surface area contributed by atoms with Gasteiger partial charge in [-0.1, -0.05) is 0 Å². The monoisotopic (exact) mass is 355 g/mol. The summed E-state index contributed by atoms with van der Waals surface area (Å²) in [6, 6.07) is 7.62. The highest BCUT2D eigenvalue weighted by Crippen LogP contribution is 2.28. The minimum atomic E-state index is -0.0953. The normalized spacial score (nSPS) is 14.1. The number of benzene rings is 1.